The van der Waals surface area contributed by atoms with Gasteiger partial charge in [-0.05, 0) is 36.8 Å². The number of aryl methyl sites for hydroxylation is 1. The molecule has 3 N–H and O–H groups in total. The van der Waals surface area contributed by atoms with E-state index >= 15 is 0 Å². The van der Waals surface area contributed by atoms with E-state index in [0.717, 1.165) is 11.3 Å². The van der Waals surface area contributed by atoms with Gasteiger partial charge in [-0.3, -0.25) is 0 Å². The van der Waals surface area contributed by atoms with Gasteiger partial charge in [-0.1, -0.05) is 29.3 Å². The number of nitrogens with two attached hydrogens (primary N) is 1. The summed E-state index contributed by atoms with van der Waals surface area (Å²) in [6, 6.07) is 8.45. The summed E-state index contributed by atoms with van der Waals surface area (Å²) < 4.78 is 13.3. The third-order valence-electron chi connectivity index (χ3n) is 2.52. The van der Waals surface area contributed by atoms with Crippen LogP contribution in [0.1, 0.15) is 5.56 Å². The summed E-state index contributed by atoms with van der Waals surface area (Å²) in [6.45, 7) is 1.94. The van der Waals surface area contributed by atoms with Gasteiger partial charge >= 0.3 is 0 Å². The summed E-state index contributed by atoms with van der Waals surface area (Å²) in [7, 11) is 0. The Labute approximate surface area is 115 Å². The molecule has 0 unspecified atom stereocenters. The zero-order valence-electron chi connectivity index (χ0n) is 9.60. The van der Waals surface area contributed by atoms with Crippen LogP contribution in [0.5, 0.6) is 0 Å². The van der Waals surface area contributed by atoms with Gasteiger partial charge in [0.1, 0.15) is 0 Å². The van der Waals surface area contributed by atoms with E-state index in [0.29, 0.717) is 11.4 Å². The summed E-state index contributed by atoms with van der Waals surface area (Å²) in [6.07, 6.45) is 0. The maximum atomic E-state index is 13.3. The van der Waals surface area contributed by atoms with Crippen LogP contribution < -0.4 is 11.1 Å². The lowest BCUT2D eigenvalue weighted by Crippen LogP contribution is -1.96. The van der Waals surface area contributed by atoms with Gasteiger partial charge in [0.2, 0.25) is 0 Å². The van der Waals surface area contributed by atoms with Crippen LogP contribution in [-0.2, 0) is 0 Å². The minimum Gasteiger partial charge on any atom is -0.399 e. The third kappa shape index (κ3) is 2.68. The van der Waals surface area contributed by atoms with E-state index in [2.05, 4.69) is 5.32 Å². The highest BCUT2D eigenvalue weighted by molar-refractivity contribution is 6.35. The van der Waals surface area contributed by atoms with Gasteiger partial charge in [-0.2, -0.15) is 0 Å². The summed E-state index contributed by atoms with van der Waals surface area (Å²) in [5, 5.41) is 3.06. The number of hydrogen-bond donors (Lipinski definition) is 2. The van der Waals surface area contributed by atoms with Crippen LogP contribution in [-0.4, -0.2) is 0 Å². The maximum absolute atomic E-state index is 13.3. The summed E-state index contributed by atoms with van der Waals surface area (Å²) in [5.74, 6) is -0.617. The molecule has 2 nitrogen and oxygen atoms in total. The molecule has 0 fully saturated rings. The fourth-order valence-corrected chi connectivity index (χ4v) is 2.04. The SMILES string of the molecule is Cc1ccc(N)cc1Nc1cc(Cl)c(F)c(Cl)c1. The second kappa shape index (κ2) is 5.04. The van der Waals surface area contributed by atoms with E-state index < -0.39 is 5.82 Å². The molecule has 0 aliphatic carbocycles. The Morgan fingerprint density at radius 2 is 1.72 bits per heavy atom. The molecule has 0 radical (unpaired) electrons. The Hall–Kier alpha value is -1.45. The summed E-state index contributed by atoms with van der Waals surface area (Å²) in [4.78, 5) is 0. The number of nitrogen functional groups attached to an aromatic ring is 1. The van der Waals surface area contributed by atoms with Crippen molar-refractivity contribution in [2.24, 2.45) is 0 Å². The highest BCUT2D eigenvalue weighted by Crippen LogP contribution is 2.30. The first-order valence-electron chi connectivity index (χ1n) is 5.25. The zero-order chi connectivity index (χ0) is 13.3. The summed E-state index contributed by atoms with van der Waals surface area (Å²) in [5.41, 5.74) is 8.81. The van der Waals surface area contributed by atoms with Crippen LogP contribution in [0.25, 0.3) is 0 Å². The smallest absolute Gasteiger partial charge is 0.160 e. The van der Waals surface area contributed by atoms with E-state index in [1.54, 1.807) is 6.07 Å². The highest BCUT2D eigenvalue weighted by atomic mass is 35.5. The van der Waals surface area contributed by atoms with Crippen molar-refractivity contribution in [2.75, 3.05) is 11.1 Å². The second-order valence-corrected chi connectivity index (χ2v) is 4.77. The Balaban J connectivity index is 2.37. The zero-order valence-corrected chi connectivity index (χ0v) is 11.1. The molecule has 2 rings (SSSR count). The molecule has 18 heavy (non-hydrogen) atoms. The minimum absolute atomic E-state index is 0.0217. The molecule has 0 bridgehead atoms. The molecule has 0 heterocycles. The van der Waals surface area contributed by atoms with E-state index in [-0.39, 0.29) is 10.0 Å². The van der Waals surface area contributed by atoms with Crippen LogP contribution >= 0.6 is 23.2 Å². The first-order chi connectivity index (χ1) is 8.47. The lowest BCUT2D eigenvalue weighted by Gasteiger charge is -2.11. The molecule has 2 aromatic rings. The van der Waals surface area contributed by atoms with Crippen molar-refractivity contribution < 1.29 is 4.39 Å². The van der Waals surface area contributed by atoms with Crippen LogP contribution in [0.3, 0.4) is 0 Å². The van der Waals surface area contributed by atoms with Crippen molar-refractivity contribution in [1.82, 2.24) is 0 Å². The molecule has 0 aliphatic heterocycles. The standard InChI is InChI=1S/C13H11Cl2FN2/c1-7-2-3-8(17)4-12(7)18-9-5-10(14)13(16)11(15)6-9/h2-6,18H,17H2,1H3. The van der Waals surface area contributed by atoms with E-state index in [1.807, 2.05) is 19.1 Å². The average Bonchev–Trinajstić information content (AvgIpc) is 2.31. The van der Waals surface area contributed by atoms with Crippen LogP contribution in [0, 0.1) is 12.7 Å². The first kappa shape index (κ1) is 13.0. The predicted molar refractivity (Wildman–Crippen MR) is 75.3 cm³/mol. The molecule has 0 saturated carbocycles. The fourth-order valence-electron chi connectivity index (χ4n) is 1.56. The largest absolute Gasteiger partial charge is 0.399 e. The Morgan fingerprint density at radius 1 is 1.11 bits per heavy atom. The lowest BCUT2D eigenvalue weighted by molar-refractivity contribution is 0.629. The molecule has 0 aromatic heterocycles. The number of nitrogens with one attached hydrogen (secondary N) is 1. The maximum Gasteiger partial charge on any atom is 0.160 e. The van der Waals surface area contributed by atoms with Gasteiger partial charge in [0.25, 0.3) is 0 Å². The molecular formula is C13H11Cl2FN2. The van der Waals surface area contributed by atoms with Crippen LogP contribution in [0.4, 0.5) is 21.5 Å². The normalized spacial score (nSPS) is 10.4. The topological polar surface area (TPSA) is 38.0 Å². The molecule has 0 saturated heterocycles. The van der Waals surface area contributed by atoms with Crippen LogP contribution in [0.15, 0.2) is 30.3 Å². The van der Waals surface area contributed by atoms with Crippen molar-refractivity contribution in [1.29, 1.82) is 0 Å². The van der Waals surface area contributed by atoms with Gasteiger partial charge in [0.05, 0.1) is 10.0 Å². The van der Waals surface area contributed by atoms with Crippen molar-refractivity contribution in [3.05, 3.63) is 51.8 Å². The third-order valence-corrected chi connectivity index (χ3v) is 3.07. The number of anilines is 3. The van der Waals surface area contributed by atoms with Gasteiger partial charge in [0, 0.05) is 17.1 Å². The number of hydrogen-bond acceptors (Lipinski definition) is 2. The molecule has 94 valence electrons. The Morgan fingerprint density at radius 3 is 2.33 bits per heavy atom. The second-order valence-electron chi connectivity index (χ2n) is 3.95. The van der Waals surface area contributed by atoms with Gasteiger partial charge in [0.15, 0.2) is 5.82 Å². The Bertz CT molecular complexity index is 577. The first-order valence-corrected chi connectivity index (χ1v) is 6.00. The molecule has 5 heteroatoms. The van der Waals surface area contributed by atoms with Crippen molar-refractivity contribution in [3.63, 3.8) is 0 Å². The monoisotopic (exact) mass is 284 g/mol. The van der Waals surface area contributed by atoms with E-state index in [1.165, 1.54) is 12.1 Å². The van der Waals surface area contributed by atoms with Crippen molar-refractivity contribution in [3.8, 4) is 0 Å². The van der Waals surface area contributed by atoms with E-state index in [4.69, 9.17) is 28.9 Å². The minimum atomic E-state index is -0.617. The molecule has 0 amide bonds. The van der Waals surface area contributed by atoms with Crippen molar-refractivity contribution in [2.45, 2.75) is 6.92 Å². The highest BCUT2D eigenvalue weighted by Gasteiger charge is 2.08. The quantitative estimate of drug-likeness (QED) is 0.616. The van der Waals surface area contributed by atoms with Crippen molar-refractivity contribution >= 4 is 40.3 Å². The molecule has 0 aliphatic rings. The van der Waals surface area contributed by atoms with Gasteiger partial charge in [-0.15, -0.1) is 0 Å². The average molecular weight is 285 g/mol. The summed E-state index contributed by atoms with van der Waals surface area (Å²) >= 11 is 11.5. The molecule has 0 atom stereocenters. The Kier molecular flexibility index (Phi) is 3.64. The van der Waals surface area contributed by atoms with Gasteiger partial charge in [-0.25, -0.2) is 4.39 Å². The fraction of sp³-hybridized carbons (Fsp3) is 0.0769. The van der Waals surface area contributed by atoms with E-state index in [9.17, 15) is 4.39 Å². The molecule has 0 spiro atoms. The number of benzene rings is 2. The number of rotatable bonds is 2. The van der Waals surface area contributed by atoms with Gasteiger partial charge < -0.3 is 11.1 Å². The molecule has 2 aromatic carbocycles. The predicted octanol–water partition coefficient (Wildman–Crippen LogP) is 4.77. The molecular weight excluding hydrogens is 274 g/mol. The lowest BCUT2D eigenvalue weighted by atomic mass is 10.1. The number of halogens is 3. The van der Waals surface area contributed by atoms with Crippen LogP contribution in [0.2, 0.25) is 10.0 Å².